The molecule has 3 N–H and O–H groups in total. The van der Waals surface area contributed by atoms with Crippen molar-refractivity contribution in [3.05, 3.63) is 59.7 Å². The molecule has 1 heterocycles. The molecule has 3 rings (SSSR count). The Morgan fingerprint density at radius 1 is 1.07 bits per heavy atom. The van der Waals surface area contributed by atoms with Gasteiger partial charge in [0.2, 0.25) is 5.91 Å². The molecule has 0 spiro atoms. The van der Waals surface area contributed by atoms with Crippen molar-refractivity contribution in [1.82, 2.24) is 0 Å². The van der Waals surface area contributed by atoms with E-state index in [1.165, 1.54) is 0 Å². The number of rotatable bonds is 5. The Kier molecular flexibility index (Phi) is 6.36. The van der Waals surface area contributed by atoms with Gasteiger partial charge in [0.25, 0.3) is 11.8 Å². The van der Waals surface area contributed by atoms with E-state index in [9.17, 15) is 14.4 Å². The summed E-state index contributed by atoms with van der Waals surface area (Å²) in [5.74, 6) is -0.982. The summed E-state index contributed by atoms with van der Waals surface area (Å²) >= 11 is 0. The van der Waals surface area contributed by atoms with E-state index >= 15 is 0 Å². The van der Waals surface area contributed by atoms with Gasteiger partial charge in [0.05, 0.1) is 22.9 Å². The molecule has 2 unspecified atom stereocenters. The van der Waals surface area contributed by atoms with E-state index < -0.39 is 6.04 Å². The number of imide groups is 1. The summed E-state index contributed by atoms with van der Waals surface area (Å²) in [5.41, 5.74) is 7.61. The average Bonchev–Trinajstić information content (AvgIpc) is 2.91. The fraction of sp³-hybridized carbons (Fsp3) is 0.250. The summed E-state index contributed by atoms with van der Waals surface area (Å²) in [6.45, 7) is 3.89. The highest BCUT2D eigenvalue weighted by molar-refractivity contribution is 6.34. The van der Waals surface area contributed by atoms with Crippen molar-refractivity contribution in [3.63, 3.8) is 0 Å². The van der Waals surface area contributed by atoms with Crippen molar-refractivity contribution < 1.29 is 14.4 Å². The van der Waals surface area contributed by atoms with Crippen LogP contribution in [-0.4, -0.2) is 23.8 Å². The average molecular weight is 388 g/mol. The lowest BCUT2D eigenvalue weighted by atomic mass is 9.99. The van der Waals surface area contributed by atoms with Gasteiger partial charge in [0, 0.05) is 5.69 Å². The van der Waals surface area contributed by atoms with Gasteiger partial charge in [-0.05, 0) is 36.2 Å². The Balaban J connectivity index is 0.00000261. The molecule has 27 heavy (non-hydrogen) atoms. The van der Waals surface area contributed by atoms with Crippen molar-refractivity contribution in [2.24, 2.45) is 11.7 Å². The third-order valence-corrected chi connectivity index (χ3v) is 4.73. The predicted octanol–water partition coefficient (Wildman–Crippen LogP) is 3.22. The number of nitrogens with zero attached hydrogens (tertiary/aromatic N) is 1. The van der Waals surface area contributed by atoms with Gasteiger partial charge in [-0.25, -0.2) is 4.90 Å². The number of benzene rings is 2. The number of halogens is 1. The van der Waals surface area contributed by atoms with Gasteiger partial charge in [-0.3, -0.25) is 14.4 Å². The van der Waals surface area contributed by atoms with Gasteiger partial charge < -0.3 is 11.1 Å². The van der Waals surface area contributed by atoms with E-state index in [2.05, 4.69) is 5.32 Å². The maximum atomic E-state index is 12.6. The molecule has 0 aromatic heterocycles. The lowest BCUT2D eigenvalue weighted by molar-refractivity contribution is -0.118. The van der Waals surface area contributed by atoms with Crippen LogP contribution in [0.2, 0.25) is 0 Å². The lowest BCUT2D eigenvalue weighted by Crippen LogP contribution is -2.40. The van der Waals surface area contributed by atoms with Crippen molar-refractivity contribution in [1.29, 1.82) is 0 Å². The van der Waals surface area contributed by atoms with Crippen LogP contribution in [-0.2, 0) is 4.79 Å². The standard InChI is InChI=1S/C20H21N3O3.ClH/c1-3-12(2)17(21)18(24)22-13-7-6-8-14(11-13)23-19(25)15-9-4-5-10-16(15)20(23)26;/h4-12,17H,3,21H2,1-2H3,(H,22,24);1H. The Morgan fingerprint density at radius 3 is 2.22 bits per heavy atom. The smallest absolute Gasteiger partial charge is 0.266 e. The third kappa shape index (κ3) is 3.86. The van der Waals surface area contributed by atoms with Crippen LogP contribution in [0.5, 0.6) is 0 Å². The van der Waals surface area contributed by atoms with Gasteiger partial charge in [-0.15, -0.1) is 12.4 Å². The highest BCUT2D eigenvalue weighted by atomic mass is 35.5. The molecule has 0 fully saturated rings. The zero-order valence-electron chi connectivity index (χ0n) is 15.1. The van der Waals surface area contributed by atoms with E-state index in [0.29, 0.717) is 22.5 Å². The number of nitrogens with one attached hydrogen (secondary N) is 1. The number of carbonyl (C=O) groups excluding carboxylic acids is 3. The van der Waals surface area contributed by atoms with E-state index in [1.54, 1.807) is 48.5 Å². The molecule has 142 valence electrons. The minimum absolute atomic E-state index is 0. The summed E-state index contributed by atoms with van der Waals surface area (Å²) in [4.78, 5) is 38.5. The SMILES string of the molecule is CCC(C)C(N)C(=O)Nc1cccc(N2C(=O)c3ccccc3C2=O)c1.Cl. The molecule has 0 saturated carbocycles. The molecular weight excluding hydrogens is 366 g/mol. The minimum Gasteiger partial charge on any atom is -0.325 e. The molecule has 2 aromatic rings. The monoisotopic (exact) mass is 387 g/mol. The third-order valence-electron chi connectivity index (χ3n) is 4.73. The summed E-state index contributed by atoms with van der Waals surface area (Å²) in [6, 6.07) is 12.7. The van der Waals surface area contributed by atoms with Crippen molar-refractivity contribution in [2.45, 2.75) is 26.3 Å². The van der Waals surface area contributed by atoms with E-state index in [1.807, 2.05) is 13.8 Å². The quantitative estimate of drug-likeness (QED) is 0.770. The van der Waals surface area contributed by atoms with Crippen molar-refractivity contribution in [2.75, 3.05) is 10.2 Å². The van der Waals surface area contributed by atoms with Crippen LogP contribution in [0.3, 0.4) is 0 Å². The summed E-state index contributed by atoms with van der Waals surface area (Å²) < 4.78 is 0. The summed E-state index contributed by atoms with van der Waals surface area (Å²) in [6.07, 6.45) is 0.795. The Bertz CT molecular complexity index is 849. The van der Waals surface area contributed by atoms with E-state index in [0.717, 1.165) is 11.3 Å². The van der Waals surface area contributed by atoms with Crippen LogP contribution >= 0.6 is 12.4 Å². The molecule has 3 amide bonds. The van der Waals surface area contributed by atoms with Crippen molar-refractivity contribution >= 4 is 41.5 Å². The first-order valence-electron chi connectivity index (χ1n) is 8.58. The number of carbonyl (C=O) groups is 3. The predicted molar refractivity (Wildman–Crippen MR) is 107 cm³/mol. The van der Waals surface area contributed by atoms with Crippen LogP contribution in [0.25, 0.3) is 0 Å². The highest BCUT2D eigenvalue weighted by Gasteiger charge is 2.36. The minimum atomic E-state index is -0.622. The molecule has 1 aliphatic rings. The van der Waals surface area contributed by atoms with E-state index in [-0.39, 0.29) is 36.0 Å². The second-order valence-electron chi connectivity index (χ2n) is 6.44. The lowest BCUT2D eigenvalue weighted by Gasteiger charge is -2.19. The first kappa shape index (κ1) is 20.6. The summed E-state index contributed by atoms with van der Waals surface area (Å²) in [5, 5.41) is 2.76. The van der Waals surface area contributed by atoms with Crippen LogP contribution in [0.4, 0.5) is 11.4 Å². The number of hydrogen-bond acceptors (Lipinski definition) is 4. The van der Waals surface area contributed by atoms with Gasteiger partial charge >= 0.3 is 0 Å². The molecule has 0 saturated heterocycles. The molecule has 2 atom stereocenters. The zero-order chi connectivity index (χ0) is 18.8. The van der Waals surface area contributed by atoms with Crippen LogP contribution in [0, 0.1) is 5.92 Å². The number of anilines is 2. The van der Waals surface area contributed by atoms with E-state index in [4.69, 9.17) is 5.73 Å². The molecule has 0 aliphatic carbocycles. The first-order chi connectivity index (χ1) is 12.4. The van der Waals surface area contributed by atoms with Crippen LogP contribution < -0.4 is 16.0 Å². The Morgan fingerprint density at radius 2 is 1.67 bits per heavy atom. The number of fused-ring (bicyclic) bond motifs is 1. The largest absolute Gasteiger partial charge is 0.325 e. The molecular formula is C20H22ClN3O3. The topological polar surface area (TPSA) is 92.5 Å². The molecule has 0 radical (unpaired) electrons. The normalized spacial score (nSPS) is 15.0. The molecule has 7 heteroatoms. The van der Waals surface area contributed by atoms with Crippen LogP contribution in [0.15, 0.2) is 48.5 Å². The van der Waals surface area contributed by atoms with Crippen LogP contribution in [0.1, 0.15) is 41.0 Å². The molecule has 6 nitrogen and oxygen atoms in total. The number of hydrogen-bond donors (Lipinski definition) is 2. The number of amides is 3. The highest BCUT2D eigenvalue weighted by Crippen LogP contribution is 2.29. The van der Waals surface area contributed by atoms with Crippen molar-refractivity contribution in [3.8, 4) is 0 Å². The Labute approximate surface area is 164 Å². The molecule has 1 aliphatic heterocycles. The molecule has 2 aromatic carbocycles. The second-order valence-corrected chi connectivity index (χ2v) is 6.44. The zero-order valence-corrected chi connectivity index (χ0v) is 16.0. The fourth-order valence-electron chi connectivity index (χ4n) is 2.88. The maximum Gasteiger partial charge on any atom is 0.266 e. The first-order valence-corrected chi connectivity index (χ1v) is 8.58. The molecule has 0 bridgehead atoms. The van der Waals surface area contributed by atoms with Gasteiger partial charge in [0.15, 0.2) is 0 Å². The number of nitrogens with two attached hydrogens (primary N) is 1. The second kappa shape index (κ2) is 8.33. The fourth-order valence-corrected chi connectivity index (χ4v) is 2.88. The van der Waals surface area contributed by atoms with Gasteiger partial charge in [-0.2, -0.15) is 0 Å². The summed E-state index contributed by atoms with van der Waals surface area (Å²) in [7, 11) is 0. The maximum absolute atomic E-state index is 12.6. The van der Waals surface area contributed by atoms with Gasteiger partial charge in [0.1, 0.15) is 0 Å². The van der Waals surface area contributed by atoms with Gasteiger partial charge in [-0.1, -0.05) is 38.5 Å². The Hall–Kier alpha value is -2.70.